The van der Waals surface area contributed by atoms with Gasteiger partial charge in [0.15, 0.2) is 0 Å². The van der Waals surface area contributed by atoms with Crippen molar-refractivity contribution in [2.24, 2.45) is 5.92 Å². The minimum atomic E-state index is -0.617. The standard InChI is InChI=1S/C13H17NO3/c1-9(15)12-11(14-13(12)16)8-17-7-10-5-3-2-4-6-10/h2-6,9,11-12,15H,7-8H2,1H3,(H,14,16)/t9-,11+,12-/m1/s1. The van der Waals surface area contributed by atoms with Gasteiger partial charge >= 0.3 is 0 Å². The number of carbonyl (C=O) groups is 1. The first kappa shape index (κ1) is 12.1. The second kappa shape index (κ2) is 5.29. The maximum absolute atomic E-state index is 11.2. The topological polar surface area (TPSA) is 58.6 Å². The SMILES string of the molecule is C[C@@H](O)[C@H]1C(=O)N[C@H]1COCc1ccccc1. The average Bonchev–Trinajstić information content (AvgIpc) is 2.28. The number of ether oxygens (including phenoxy) is 1. The van der Waals surface area contributed by atoms with Crippen molar-refractivity contribution >= 4 is 5.91 Å². The molecule has 4 nitrogen and oxygen atoms in total. The first-order chi connectivity index (χ1) is 8.18. The first-order valence-corrected chi connectivity index (χ1v) is 5.78. The molecule has 0 radical (unpaired) electrons. The molecule has 4 heteroatoms. The number of amides is 1. The number of aliphatic hydroxyl groups excluding tert-OH is 1. The molecular formula is C13H17NO3. The predicted molar refractivity (Wildman–Crippen MR) is 63.2 cm³/mol. The molecule has 3 atom stereocenters. The maximum atomic E-state index is 11.2. The van der Waals surface area contributed by atoms with Crippen LogP contribution in [-0.2, 0) is 16.1 Å². The van der Waals surface area contributed by atoms with E-state index in [0.717, 1.165) is 5.56 Å². The Bertz CT molecular complexity index is 378. The van der Waals surface area contributed by atoms with Crippen LogP contribution >= 0.6 is 0 Å². The molecule has 1 aromatic rings. The number of nitrogens with one attached hydrogen (secondary N) is 1. The summed E-state index contributed by atoms with van der Waals surface area (Å²) in [6, 6.07) is 9.80. The van der Waals surface area contributed by atoms with Gasteiger partial charge in [0.1, 0.15) is 0 Å². The van der Waals surface area contributed by atoms with Crippen LogP contribution in [0.3, 0.4) is 0 Å². The normalized spacial score (nSPS) is 24.9. The van der Waals surface area contributed by atoms with Gasteiger partial charge < -0.3 is 15.2 Å². The lowest BCUT2D eigenvalue weighted by Crippen LogP contribution is -2.63. The minimum Gasteiger partial charge on any atom is -0.393 e. The average molecular weight is 235 g/mol. The van der Waals surface area contributed by atoms with Crippen LogP contribution in [0.2, 0.25) is 0 Å². The van der Waals surface area contributed by atoms with Gasteiger partial charge in [0.05, 0.1) is 31.3 Å². The fourth-order valence-electron chi connectivity index (χ4n) is 2.03. The van der Waals surface area contributed by atoms with Gasteiger partial charge in [-0.2, -0.15) is 0 Å². The Morgan fingerprint density at radius 1 is 1.41 bits per heavy atom. The highest BCUT2D eigenvalue weighted by Gasteiger charge is 2.42. The summed E-state index contributed by atoms with van der Waals surface area (Å²) in [7, 11) is 0. The van der Waals surface area contributed by atoms with Crippen LogP contribution in [-0.4, -0.2) is 29.8 Å². The van der Waals surface area contributed by atoms with E-state index in [-0.39, 0.29) is 17.9 Å². The van der Waals surface area contributed by atoms with Gasteiger partial charge in [0.25, 0.3) is 0 Å². The molecule has 17 heavy (non-hydrogen) atoms. The highest BCUT2D eigenvalue weighted by molar-refractivity contribution is 5.86. The van der Waals surface area contributed by atoms with Crippen molar-refractivity contribution in [2.75, 3.05) is 6.61 Å². The zero-order valence-corrected chi connectivity index (χ0v) is 9.80. The predicted octanol–water partition coefficient (Wildman–Crippen LogP) is 0.699. The van der Waals surface area contributed by atoms with Gasteiger partial charge in [0, 0.05) is 0 Å². The van der Waals surface area contributed by atoms with E-state index in [2.05, 4.69) is 5.32 Å². The Morgan fingerprint density at radius 2 is 2.12 bits per heavy atom. The molecule has 0 spiro atoms. The fraction of sp³-hybridized carbons (Fsp3) is 0.462. The zero-order chi connectivity index (χ0) is 12.3. The van der Waals surface area contributed by atoms with Gasteiger partial charge in [-0.05, 0) is 12.5 Å². The van der Waals surface area contributed by atoms with Crippen molar-refractivity contribution in [3.63, 3.8) is 0 Å². The summed E-state index contributed by atoms with van der Waals surface area (Å²) >= 11 is 0. The van der Waals surface area contributed by atoms with Crippen molar-refractivity contribution in [3.8, 4) is 0 Å². The lowest BCUT2D eigenvalue weighted by atomic mass is 9.87. The van der Waals surface area contributed by atoms with E-state index < -0.39 is 6.10 Å². The van der Waals surface area contributed by atoms with Crippen LogP contribution < -0.4 is 5.32 Å². The summed E-state index contributed by atoms with van der Waals surface area (Å²) in [6.45, 7) is 2.60. The molecule has 1 aromatic carbocycles. The molecule has 92 valence electrons. The number of β-lactam (4-membered cyclic amide) rings is 1. The van der Waals surface area contributed by atoms with E-state index in [1.807, 2.05) is 30.3 Å². The number of aliphatic hydroxyl groups is 1. The zero-order valence-electron chi connectivity index (χ0n) is 9.80. The Labute approximate surface area is 101 Å². The van der Waals surface area contributed by atoms with Crippen molar-refractivity contribution in [1.82, 2.24) is 5.32 Å². The van der Waals surface area contributed by atoms with Crippen LogP contribution in [0.4, 0.5) is 0 Å². The highest BCUT2D eigenvalue weighted by atomic mass is 16.5. The molecule has 0 aromatic heterocycles. The van der Waals surface area contributed by atoms with E-state index in [4.69, 9.17) is 4.74 Å². The van der Waals surface area contributed by atoms with E-state index in [0.29, 0.717) is 13.2 Å². The quantitative estimate of drug-likeness (QED) is 0.739. The molecular weight excluding hydrogens is 218 g/mol. The smallest absolute Gasteiger partial charge is 0.228 e. The Kier molecular flexibility index (Phi) is 3.76. The molecule has 1 aliphatic heterocycles. The number of carbonyl (C=O) groups excluding carboxylic acids is 1. The van der Waals surface area contributed by atoms with Crippen LogP contribution in [0.1, 0.15) is 12.5 Å². The summed E-state index contributed by atoms with van der Waals surface area (Å²) in [4.78, 5) is 11.2. The fourth-order valence-corrected chi connectivity index (χ4v) is 2.03. The molecule has 2 rings (SSSR count). The summed E-state index contributed by atoms with van der Waals surface area (Å²) in [5.41, 5.74) is 1.10. The Hall–Kier alpha value is -1.39. The number of rotatable bonds is 5. The number of hydrogen-bond donors (Lipinski definition) is 2. The molecule has 1 fully saturated rings. The molecule has 1 heterocycles. The van der Waals surface area contributed by atoms with Crippen LogP contribution in [0, 0.1) is 5.92 Å². The van der Waals surface area contributed by atoms with Gasteiger partial charge in [-0.15, -0.1) is 0 Å². The maximum Gasteiger partial charge on any atom is 0.228 e. The highest BCUT2D eigenvalue weighted by Crippen LogP contribution is 2.19. The third-order valence-electron chi connectivity index (χ3n) is 2.99. The van der Waals surface area contributed by atoms with Crippen molar-refractivity contribution in [2.45, 2.75) is 25.7 Å². The molecule has 1 amide bonds. The number of hydrogen-bond acceptors (Lipinski definition) is 3. The van der Waals surface area contributed by atoms with Crippen molar-refractivity contribution < 1.29 is 14.6 Å². The molecule has 0 unspecified atom stereocenters. The largest absolute Gasteiger partial charge is 0.393 e. The summed E-state index contributed by atoms with van der Waals surface area (Å²) in [5, 5.41) is 12.1. The summed E-state index contributed by atoms with van der Waals surface area (Å²) < 4.78 is 5.53. The van der Waals surface area contributed by atoms with Crippen molar-refractivity contribution in [1.29, 1.82) is 0 Å². The lowest BCUT2D eigenvalue weighted by molar-refractivity contribution is -0.143. The molecule has 1 aliphatic rings. The molecule has 0 aliphatic carbocycles. The summed E-state index contributed by atoms with van der Waals surface area (Å²) in [6.07, 6.45) is -0.617. The molecule has 1 saturated heterocycles. The van der Waals surface area contributed by atoms with E-state index in [1.165, 1.54) is 0 Å². The third kappa shape index (κ3) is 2.84. The van der Waals surface area contributed by atoms with Gasteiger partial charge in [-0.3, -0.25) is 4.79 Å². The van der Waals surface area contributed by atoms with E-state index >= 15 is 0 Å². The van der Waals surface area contributed by atoms with Gasteiger partial charge in [-0.25, -0.2) is 0 Å². The van der Waals surface area contributed by atoms with Crippen LogP contribution in [0.5, 0.6) is 0 Å². The second-order valence-electron chi connectivity index (χ2n) is 4.38. The van der Waals surface area contributed by atoms with Gasteiger partial charge in [0.2, 0.25) is 5.91 Å². The van der Waals surface area contributed by atoms with Crippen LogP contribution in [0.15, 0.2) is 30.3 Å². The van der Waals surface area contributed by atoms with Crippen molar-refractivity contribution in [3.05, 3.63) is 35.9 Å². The number of benzene rings is 1. The second-order valence-corrected chi connectivity index (χ2v) is 4.38. The van der Waals surface area contributed by atoms with E-state index in [9.17, 15) is 9.90 Å². The first-order valence-electron chi connectivity index (χ1n) is 5.78. The van der Waals surface area contributed by atoms with Gasteiger partial charge in [-0.1, -0.05) is 30.3 Å². The monoisotopic (exact) mass is 235 g/mol. The molecule has 0 bridgehead atoms. The molecule has 0 saturated carbocycles. The summed E-state index contributed by atoms with van der Waals surface area (Å²) in [5.74, 6) is -0.418. The Morgan fingerprint density at radius 3 is 2.71 bits per heavy atom. The van der Waals surface area contributed by atoms with Crippen LogP contribution in [0.25, 0.3) is 0 Å². The Balaban J connectivity index is 1.75. The lowest BCUT2D eigenvalue weighted by Gasteiger charge is -2.38. The third-order valence-corrected chi connectivity index (χ3v) is 2.99. The minimum absolute atomic E-state index is 0.0637. The molecule has 2 N–H and O–H groups in total. The van der Waals surface area contributed by atoms with E-state index in [1.54, 1.807) is 6.92 Å².